The van der Waals surface area contributed by atoms with Gasteiger partial charge in [0.2, 0.25) is 0 Å². The molecule has 4 heteroatoms. The summed E-state index contributed by atoms with van der Waals surface area (Å²) in [5, 5.41) is 0.232. The SMILES string of the molecule is CC(N)c1ccc(F)c(-c2cc(F)cc(Cl)c2)c1. The third-order valence-corrected chi connectivity index (χ3v) is 2.91. The largest absolute Gasteiger partial charge is 0.324 e. The first-order chi connectivity index (χ1) is 8.47. The Labute approximate surface area is 109 Å². The molecule has 1 unspecified atom stereocenters. The average Bonchev–Trinajstić information content (AvgIpc) is 2.27. The van der Waals surface area contributed by atoms with E-state index in [9.17, 15) is 8.78 Å². The quantitative estimate of drug-likeness (QED) is 0.862. The fraction of sp³-hybridized carbons (Fsp3) is 0.143. The van der Waals surface area contributed by atoms with E-state index in [2.05, 4.69) is 0 Å². The molecule has 0 heterocycles. The van der Waals surface area contributed by atoms with Gasteiger partial charge in [-0.3, -0.25) is 0 Å². The molecule has 2 aromatic carbocycles. The lowest BCUT2D eigenvalue weighted by molar-refractivity contribution is 0.624. The molecule has 2 rings (SSSR count). The molecule has 0 aliphatic heterocycles. The van der Waals surface area contributed by atoms with Crippen molar-refractivity contribution in [3.05, 3.63) is 58.6 Å². The summed E-state index contributed by atoms with van der Waals surface area (Å²) in [5.41, 5.74) is 7.23. The molecular weight excluding hydrogens is 256 g/mol. The van der Waals surface area contributed by atoms with E-state index in [0.29, 0.717) is 11.1 Å². The van der Waals surface area contributed by atoms with Gasteiger partial charge in [-0.25, -0.2) is 8.78 Å². The molecule has 0 spiro atoms. The summed E-state index contributed by atoms with van der Waals surface area (Å²) in [5.74, 6) is -0.927. The first-order valence-electron chi connectivity index (χ1n) is 5.49. The zero-order valence-electron chi connectivity index (χ0n) is 9.75. The summed E-state index contributed by atoms with van der Waals surface area (Å²) in [6, 6.07) is 8.29. The second kappa shape index (κ2) is 5.04. The molecule has 0 amide bonds. The highest BCUT2D eigenvalue weighted by Gasteiger charge is 2.10. The Balaban J connectivity index is 2.58. The van der Waals surface area contributed by atoms with E-state index >= 15 is 0 Å². The van der Waals surface area contributed by atoms with Gasteiger partial charge >= 0.3 is 0 Å². The van der Waals surface area contributed by atoms with Gasteiger partial charge in [-0.15, -0.1) is 0 Å². The Morgan fingerprint density at radius 3 is 2.44 bits per heavy atom. The normalized spacial score (nSPS) is 12.5. The molecule has 1 atom stereocenters. The van der Waals surface area contributed by atoms with Crippen LogP contribution in [0.4, 0.5) is 8.78 Å². The fourth-order valence-electron chi connectivity index (χ4n) is 1.76. The monoisotopic (exact) mass is 267 g/mol. The van der Waals surface area contributed by atoms with Crippen LogP contribution in [0.25, 0.3) is 11.1 Å². The van der Waals surface area contributed by atoms with Crippen molar-refractivity contribution in [1.82, 2.24) is 0 Å². The maximum Gasteiger partial charge on any atom is 0.131 e. The minimum absolute atomic E-state index is 0.214. The Kier molecular flexibility index (Phi) is 3.64. The van der Waals surface area contributed by atoms with Crippen LogP contribution in [0.2, 0.25) is 5.02 Å². The zero-order valence-corrected chi connectivity index (χ0v) is 10.5. The number of benzene rings is 2. The molecule has 2 N–H and O–H groups in total. The molecular formula is C14H12ClF2N. The van der Waals surface area contributed by atoms with Crippen molar-refractivity contribution < 1.29 is 8.78 Å². The highest BCUT2D eigenvalue weighted by molar-refractivity contribution is 6.30. The lowest BCUT2D eigenvalue weighted by atomic mass is 10.00. The van der Waals surface area contributed by atoms with Crippen LogP contribution in [0.3, 0.4) is 0 Å². The molecule has 0 bridgehead atoms. The van der Waals surface area contributed by atoms with Crippen LogP contribution in [-0.2, 0) is 0 Å². The molecule has 2 aromatic rings. The van der Waals surface area contributed by atoms with Gasteiger partial charge < -0.3 is 5.73 Å². The third kappa shape index (κ3) is 2.68. The van der Waals surface area contributed by atoms with Gasteiger partial charge in [0.05, 0.1) is 0 Å². The van der Waals surface area contributed by atoms with E-state index in [-0.39, 0.29) is 11.1 Å². The molecule has 0 saturated carbocycles. The predicted molar refractivity (Wildman–Crippen MR) is 69.4 cm³/mol. The van der Waals surface area contributed by atoms with Gasteiger partial charge in [0.1, 0.15) is 11.6 Å². The van der Waals surface area contributed by atoms with Gasteiger partial charge in [0.25, 0.3) is 0 Å². The number of hydrogen-bond donors (Lipinski definition) is 1. The Morgan fingerprint density at radius 1 is 1.11 bits per heavy atom. The minimum atomic E-state index is -0.497. The first-order valence-corrected chi connectivity index (χ1v) is 5.86. The molecule has 94 valence electrons. The van der Waals surface area contributed by atoms with Gasteiger partial charge in [0, 0.05) is 16.6 Å². The molecule has 0 aromatic heterocycles. The minimum Gasteiger partial charge on any atom is -0.324 e. The average molecular weight is 268 g/mol. The van der Waals surface area contributed by atoms with Crippen molar-refractivity contribution in [1.29, 1.82) is 0 Å². The Morgan fingerprint density at radius 2 is 1.83 bits per heavy atom. The standard InChI is InChI=1S/C14H12ClF2N/c1-8(18)9-2-3-14(17)13(6-9)10-4-11(15)7-12(16)5-10/h2-8H,18H2,1H3. The Hall–Kier alpha value is -1.45. The topological polar surface area (TPSA) is 26.0 Å². The summed E-state index contributed by atoms with van der Waals surface area (Å²) in [6.45, 7) is 1.80. The number of nitrogens with two attached hydrogens (primary N) is 1. The van der Waals surface area contributed by atoms with Crippen LogP contribution in [0.15, 0.2) is 36.4 Å². The van der Waals surface area contributed by atoms with E-state index in [1.807, 2.05) is 0 Å². The van der Waals surface area contributed by atoms with E-state index in [1.165, 1.54) is 24.3 Å². The van der Waals surface area contributed by atoms with E-state index in [4.69, 9.17) is 17.3 Å². The maximum atomic E-state index is 13.8. The molecule has 18 heavy (non-hydrogen) atoms. The van der Waals surface area contributed by atoms with Gasteiger partial charge in [-0.05, 0) is 48.4 Å². The van der Waals surface area contributed by atoms with E-state index in [1.54, 1.807) is 19.1 Å². The molecule has 0 aliphatic rings. The van der Waals surface area contributed by atoms with E-state index < -0.39 is 11.6 Å². The predicted octanol–water partition coefficient (Wildman–Crippen LogP) is 4.30. The second-order valence-corrected chi connectivity index (χ2v) is 4.62. The third-order valence-electron chi connectivity index (χ3n) is 2.69. The molecule has 1 nitrogen and oxygen atoms in total. The number of rotatable bonds is 2. The van der Waals surface area contributed by atoms with Gasteiger partial charge in [0.15, 0.2) is 0 Å². The van der Waals surface area contributed by atoms with Crippen LogP contribution < -0.4 is 5.73 Å². The van der Waals surface area contributed by atoms with E-state index in [0.717, 1.165) is 5.56 Å². The smallest absolute Gasteiger partial charge is 0.131 e. The van der Waals surface area contributed by atoms with Crippen molar-refractivity contribution in [3.63, 3.8) is 0 Å². The Bertz CT molecular complexity index is 562. The lowest BCUT2D eigenvalue weighted by Gasteiger charge is -2.10. The summed E-state index contributed by atoms with van der Waals surface area (Å²) in [4.78, 5) is 0. The van der Waals surface area contributed by atoms with Crippen LogP contribution >= 0.6 is 11.6 Å². The lowest BCUT2D eigenvalue weighted by Crippen LogP contribution is -2.05. The van der Waals surface area contributed by atoms with Gasteiger partial charge in [-0.2, -0.15) is 0 Å². The van der Waals surface area contributed by atoms with Crippen LogP contribution in [-0.4, -0.2) is 0 Å². The van der Waals surface area contributed by atoms with Crippen molar-refractivity contribution in [2.75, 3.05) is 0 Å². The van der Waals surface area contributed by atoms with Gasteiger partial charge in [-0.1, -0.05) is 17.7 Å². The first kappa shape index (κ1) is 13.0. The number of hydrogen-bond acceptors (Lipinski definition) is 1. The van der Waals surface area contributed by atoms with Crippen molar-refractivity contribution >= 4 is 11.6 Å². The second-order valence-electron chi connectivity index (χ2n) is 4.19. The summed E-state index contributed by atoms with van der Waals surface area (Å²) < 4.78 is 27.0. The molecule has 0 radical (unpaired) electrons. The molecule has 0 saturated heterocycles. The summed E-state index contributed by atoms with van der Waals surface area (Å²) >= 11 is 5.77. The van der Waals surface area contributed by atoms with Crippen molar-refractivity contribution in [2.45, 2.75) is 13.0 Å². The van der Waals surface area contributed by atoms with Crippen molar-refractivity contribution in [3.8, 4) is 11.1 Å². The highest BCUT2D eigenvalue weighted by Crippen LogP contribution is 2.28. The zero-order chi connectivity index (χ0) is 13.3. The maximum absolute atomic E-state index is 13.8. The van der Waals surface area contributed by atoms with Crippen LogP contribution in [0, 0.1) is 11.6 Å². The van der Waals surface area contributed by atoms with Crippen LogP contribution in [0.1, 0.15) is 18.5 Å². The fourth-order valence-corrected chi connectivity index (χ4v) is 1.98. The number of halogens is 3. The van der Waals surface area contributed by atoms with Crippen LogP contribution in [0.5, 0.6) is 0 Å². The summed E-state index contributed by atoms with van der Waals surface area (Å²) in [7, 11) is 0. The summed E-state index contributed by atoms with van der Waals surface area (Å²) in [6.07, 6.45) is 0. The molecule has 0 fully saturated rings. The van der Waals surface area contributed by atoms with Crippen molar-refractivity contribution in [2.24, 2.45) is 5.73 Å². The highest BCUT2D eigenvalue weighted by atomic mass is 35.5. The molecule has 0 aliphatic carbocycles.